The van der Waals surface area contributed by atoms with Crippen molar-refractivity contribution in [1.82, 2.24) is 0 Å². The molecule has 14 aromatic rings. The Kier molecular flexibility index (Phi) is 12.9. The van der Waals surface area contributed by atoms with Gasteiger partial charge in [-0.3, -0.25) is 0 Å². The minimum absolute atomic E-state index is 0.0782. The summed E-state index contributed by atoms with van der Waals surface area (Å²) in [6.07, 6.45) is 0. The first-order valence-corrected chi connectivity index (χ1v) is 35.4. The van der Waals surface area contributed by atoms with Gasteiger partial charge in [-0.05, 0) is 181 Å². The van der Waals surface area contributed by atoms with Gasteiger partial charge in [0.05, 0.1) is 11.1 Å². The van der Waals surface area contributed by atoms with Gasteiger partial charge in [-0.2, -0.15) is 0 Å². The molecule has 456 valence electrons. The number of fused-ring (bicyclic) bond motifs is 18. The van der Waals surface area contributed by atoms with Crippen molar-refractivity contribution in [2.24, 2.45) is 0 Å². The van der Waals surface area contributed by atoms with Crippen LogP contribution in [0.3, 0.4) is 0 Å². The van der Waals surface area contributed by atoms with Crippen molar-refractivity contribution in [3.05, 3.63) is 312 Å². The van der Waals surface area contributed by atoms with Gasteiger partial charge in [0.25, 0.3) is 0 Å². The molecule has 0 N–H and O–H groups in total. The van der Waals surface area contributed by atoms with Gasteiger partial charge in [-0.1, -0.05) is 304 Å². The van der Waals surface area contributed by atoms with E-state index in [0.29, 0.717) is 0 Å². The van der Waals surface area contributed by atoms with E-state index in [2.05, 4.69) is 340 Å². The molecule has 0 saturated heterocycles. The molecule has 1 nitrogen and oxygen atoms in total. The number of rotatable bonds is 6. The predicted molar refractivity (Wildman–Crippen MR) is 409 cm³/mol. The normalized spacial score (nSPS) is 13.9. The van der Waals surface area contributed by atoms with Crippen LogP contribution in [-0.2, 0) is 21.7 Å². The van der Waals surface area contributed by atoms with Gasteiger partial charge < -0.3 is 4.90 Å². The van der Waals surface area contributed by atoms with Gasteiger partial charge >= 0.3 is 0 Å². The van der Waals surface area contributed by atoms with Gasteiger partial charge in [-0.15, -0.1) is 11.3 Å². The number of hydrogen-bond donors (Lipinski definition) is 0. The molecule has 2 aliphatic heterocycles. The Bertz CT molecular complexity index is 5380. The topological polar surface area (TPSA) is 3.24 Å². The summed E-state index contributed by atoms with van der Waals surface area (Å²) >= 11 is 3.93. The van der Waals surface area contributed by atoms with Crippen LogP contribution in [0.1, 0.15) is 101 Å². The maximum absolute atomic E-state index is 2.71. The summed E-state index contributed by atoms with van der Waals surface area (Å²) < 4.78 is 2.62. The number of nitrogens with zero attached hydrogens (tertiary/aromatic N) is 1. The third kappa shape index (κ3) is 8.83. The lowest BCUT2D eigenvalue weighted by molar-refractivity contribution is 0.569. The highest BCUT2D eigenvalue weighted by Crippen LogP contribution is 2.64. The molecular formula is C91H72BNS2. The van der Waals surface area contributed by atoms with Crippen molar-refractivity contribution in [3.63, 3.8) is 0 Å². The highest BCUT2D eigenvalue weighted by atomic mass is 32.2. The lowest BCUT2D eigenvalue weighted by atomic mass is 9.34. The van der Waals surface area contributed by atoms with E-state index in [4.69, 9.17) is 0 Å². The molecule has 0 fully saturated rings. The predicted octanol–water partition coefficient (Wildman–Crippen LogP) is 23.4. The van der Waals surface area contributed by atoms with Crippen LogP contribution in [-0.4, -0.2) is 6.71 Å². The zero-order valence-corrected chi connectivity index (χ0v) is 57.0. The van der Waals surface area contributed by atoms with Crippen LogP contribution < -0.4 is 21.3 Å². The molecule has 4 aliphatic rings. The fourth-order valence-corrected chi connectivity index (χ4v) is 19.0. The molecule has 2 aliphatic carbocycles. The Labute approximate surface area is 567 Å². The minimum atomic E-state index is -0.425. The second kappa shape index (κ2) is 21.1. The lowest BCUT2D eigenvalue weighted by Crippen LogP contribution is -2.60. The van der Waals surface area contributed by atoms with E-state index in [1.165, 1.54) is 180 Å². The van der Waals surface area contributed by atoms with E-state index < -0.39 is 5.41 Å². The fraction of sp³-hybridized carbons (Fsp3) is 0.143. The summed E-state index contributed by atoms with van der Waals surface area (Å²) in [4.78, 5) is 5.35. The third-order valence-corrected chi connectivity index (χ3v) is 23.5. The number of hydrogen-bond acceptors (Lipinski definition) is 3. The minimum Gasteiger partial charge on any atom is -0.310 e. The molecule has 0 saturated carbocycles. The summed E-state index contributed by atoms with van der Waals surface area (Å²) in [5.41, 5.74) is 33.9. The molecule has 0 bridgehead atoms. The van der Waals surface area contributed by atoms with Crippen LogP contribution in [0, 0.1) is 0 Å². The van der Waals surface area contributed by atoms with E-state index in [-0.39, 0.29) is 23.0 Å². The Balaban J connectivity index is 0.919. The largest absolute Gasteiger partial charge is 0.310 e. The standard InChI is InChI=1S/C91H72BNS2/c1-88(2,3)62-46-60(47-63(52-62)89(4,5)6)61-50-79-85-82(51-61)95-87-76(92(85)77-49-58(55-26-13-10-14-27-55)40-43-78(77)93(79)86-69(56-28-15-11-16-29-56)53-64(90(7,8)9)54-70(86)57-30-17-12-18-31-57)42-45-81-84(87)71-48-59(41-44-80(71)94-81)65-35-25-39-75-83(65)68-34-21-24-38-74(68)91(75)72-36-22-19-32-66(72)67-33-20-23-37-73(67)91/h10-54H,1-9H3. The zero-order valence-electron chi connectivity index (χ0n) is 55.3. The van der Waals surface area contributed by atoms with Crippen LogP contribution in [0.2, 0.25) is 0 Å². The van der Waals surface area contributed by atoms with Crippen LogP contribution in [0.5, 0.6) is 0 Å². The average Bonchev–Trinajstić information content (AvgIpc) is 1.47. The molecule has 95 heavy (non-hydrogen) atoms. The van der Waals surface area contributed by atoms with Gasteiger partial charge in [-0.25, -0.2) is 0 Å². The highest BCUT2D eigenvalue weighted by molar-refractivity contribution is 8.00. The summed E-state index contributed by atoms with van der Waals surface area (Å²) in [7, 11) is 0. The molecule has 18 rings (SSSR count). The molecule has 1 aromatic heterocycles. The molecule has 0 radical (unpaired) electrons. The molecule has 4 heteroatoms. The van der Waals surface area contributed by atoms with E-state index in [0.717, 1.165) is 0 Å². The van der Waals surface area contributed by atoms with Crippen molar-refractivity contribution >= 4 is 83.4 Å². The molecular weight excluding hydrogens is 1180 g/mol. The third-order valence-electron chi connectivity index (χ3n) is 21.2. The van der Waals surface area contributed by atoms with Crippen LogP contribution >= 0.6 is 23.1 Å². The number of benzene rings is 13. The fourth-order valence-electron chi connectivity index (χ4n) is 16.5. The quantitative estimate of drug-likeness (QED) is 0.153. The summed E-state index contributed by atoms with van der Waals surface area (Å²) in [6.45, 7) is 21.2. The maximum atomic E-state index is 2.71. The Morgan fingerprint density at radius 3 is 1.45 bits per heavy atom. The van der Waals surface area contributed by atoms with E-state index in [1.54, 1.807) is 0 Å². The van der Waals surface area contributed by atoms with Gasteiger partial charge in [0.1, 0.15) is 0 Å². The van der Waals surface area contributed by atoms with Crippen LogP contribution in [0.25, 0.3) is 98.1 Å². The Hall–Kier alpha value is -9.71. The Morgan fingerprint density at radius 1 is 0.337 bits per heavy atom. The zero-order chi connectivity index (χ0) is 64.4. The lowest BCUT2D eigenvalue weighted by Gasteiger charge is -2.42. The monoisotopic (exact) mass is 1250 g/mol. The highest BCUT2D eigenvalue weighted by Gasteiger charge is 2.52. The second-order valence-electron chi connectivity index (χ2n) is 29.9. The van der Waals surface area contributed by atoms with E-state index in [9.17, 15) is 0 Å². The molecule has 0 atom stereocenters. The van der Waals surface area contributed by atoms with Crippen molar-refractivity contribution in [1.29, 1.82) is 0 Å². The first-order chi connectivity index (χ1) is 46.0. The first kappa shape index (κ1) is 57.9. The number of anilines is 3. The smallest absolute Gasteiger partial charge is 0.249 e. The van der Waals surface area contributed by atoms with E-state index >= 15 is 0 Å². The number of thiophene rings is 1. The van der Waals surface area contributed by atoms with Crippen molar-refractivity contribution < 1.29 is 0 Å². The molecule has 0 unspecified atom stereocenters. The van der Waals surface area contributed by atoms with Gasteiger partial charge in [0.15, 0.2) is 0 Å². The molecule has 0 amide bonds. The van der Waals surface area contributed by atoms with Crippen molar-refractivity contribution in [2.75, 3.05) is 4.90 Å². The SMILES string of the molecule is CC(C)(C)c1cc(-c2cc3c4c(c2)N(c2c(-c5ccccc5)cc(C(C)(C)C)cc2-c2ccccc2)c2ccc(-c5ccccc5)cc2B4c2ccc4sc5ccc(-c6cccc7c6-c6ccccc6C76c7ccccc7-c7ccccc76)cc5c4c2S3)cc(C(C)(C)C)c1. The molecule has 1 spiro atoms. The Morgan fingerprint density at radius 2 is 0.842 bits per heavy atom. The van der Waals surface area contributed by atoms with Crippen LogP contribution in [0.4, 0.5) is 17.1 Å². The summed E-state index contributed by atoms with van der Waals surface area (Å²) in [6, 6.07) is 105. The average molecular weight is 1250 g/mol. The molecule has 3 heterocycles. The van der Waals surface area contributed by atoms with Gasteiger partial charge in [0.2, 0.25) is 6.71 Å². The first-order valence-electron chi connectivity index (χ1n) is 33.7. The molecule has 13 aromatic carbocycles. The van der Waals surface area contributed by atoms with Gasteiger partial charge in [0, 0.05) is 52.5 Å². The van der Waals surface area contributed by atoms with Crippen molar-refractivity contribution in [2.45, 2.75) is 93.8 Å². The summed E-state index contributed by atoms with van der Waals surface area (Å²) in [5.74, 6) is 0. The maximum Gasteiger partial charge on any atom is 0.249 e. The van der Waals surface area contributed by atoms with E-state index in [1.807, 2.05) is 23.1 Å². The second-order valence-corrected chi connectivity index (χ2v) is 32.0. The van der Waals surface area contributed by atoms with Crippen molar-refractivity contribution in [3.8, 4) is 77.9 Å². The van der Waals surface area contributed by atoms with Crippen LogP contribution in [0.15, 0.2) is 283 Å². The summed E-state index contributed by atoms with van der Waals surface area (Å²) in [5, 5.41) is 2.66.